The van der Waals surface area contributed by atoms with E-state index >= 15 is 0 Å². The van der Waals surface area contributed by atoms with Gasteiger partial charge in [0.05, 0.1) is 16.9 Å². The molecule has 0 aliphatic heterocycles. The van der Waals surface area contributed by atoms with Gasteiger partial charge in [-0.05, 0) is 12.1 Å². The lowest BCUT2D eigenvalue weighted by molar-refractivity contribution is 0.0996. The van der Waals surface area contributed by atoms with Gasteiger partial charge < -0.3 is 5.73 Å². The maximum Gasteiger partial charge on any atom is 0.268 e. The van der Waals surface area contributed by atoms with Gasteiger partial charge >= 0.3 is 0 Å². The van der Waals surface area contributed by atoms with Crippen molar-refractivity contribution in [1.29, 1.82) is 0 Å². The first kappa shape index (κ1) is 9.67. The van der Waals surface area contributed by atoms with Crippen molar-refractivity contribution in [2.75, 3.05) is 0 Å². The van der Waals surface area contributed by atoms with Gasteiger partial charge in [0, 0.05) is 11.8 Å². The highest BCUT2D eigenvalue weighted by Crippen LogP contribution is 2.26. The number of nitrogens with one attached hydrogen (secondary N) is 1. The minimum Gasteiger partial charge on any atom is -0.364 e. The number of rotatable bonds is 2. The molecule has 0 saturated heterocycles. The molecule has 2 aromatic rings. The van der Waals surface area contributed by atoms with Crippen molar-refractivity contribution in [2.45, 2.75) is 0 Å². The van der Waals surface area contributed by atoms with Crippen LogP contribution in [0.5, 0.6) is 0 Å². The number of nitrogens with zero attached hydrogens (tertiary/aromatic N) is 2. The Morgan fingerprint density at radius 3 is 2.93 bits per heavy atom. The average Bonchev–Trinajstić information content (AvgIpc) is 2.64. The maximum atomic E-state index is 11.1. The van der Waals surface area contributed by atoms with Crippen molar-refractivity contribution in [3.05, 3.63) is 35.2 Å². The van der Waals surface area contributed by atoms with E-state index < -0.39 is 5.91 Å². The van der Waals surface area contributed by atoms with E-state index in [1.54, 1.807) is 12.1 Å². The fourth-order valence-electron chi connectivity index (χ4n) is 1.26. The summed E-state index contributed by atoms with van der Waals surface area (Å²) in [5, 5.41) is 6.87. The monoisotopic (exact) mass is 222 g/mol. The smallest absolute Gasteiger partial charge is 0.268 e. The predicted octanol–water partition coefficient (Wildman–Crippen LogP) is 1.22. The molecule has 0 aliphatic carbocycles. The van der Waals surface area contributed by atoms with Crippen LogP contribution < -0.4 is 5.73 Å². The van der Waals surface area contributed by atoms with Crippen molar-refractivity contribution in [3.8, 4) is 11.3 Å². The van der Waals surface area contributed by atoms with Crippen LogP contribution in [-0.4, -0.2) is 21.1 Å². The van der Waals surface area contributed by atoms with Gasteiger partial charge in [-0.25, -0.2) is 0 Å². The Morgan fingerprint density at radius 1 is 1.53 bits per heavy atom. The van der Waals surface area contributed by atoms with Gasteiger partial charge in [0.2, 0.25) is 0 Å². The quantitative estimate of drug-likeness (QED) is 0.801. The highest BCUT2D eigenvalue weighted by molar-refractivity contribution is 6.33. The zero-order valence-corrected chi connectivity index (χ0v) is 8.32. The molecule has 0 fully saturated rings. The summed E-state index contributed by atoms with van der Waals surface area (Å²) < 4.78 is 0. The van der Waals surface area contributed by atoms with Crippen LogP contribution in [0, 0.1) is 0 Å². The summed E-state index contributed by atoms with van der Waals surface area (Å²) in [6.07, 6.45) is 2.95. The van der Waals surface area contributed by atoms with Gasteiger partial charge in [-0.15, -0.1) is 0 Å². The second-order valence-electron chi connectivity index (χ2n) is 2.86. The number of pyridine rings is 1. The lowest BCUT2D eigenvalue weighted by atomic mass is 10.1. The Balaban J connectivity index is 2.63. The van der Waals surface area contributed by atoms with Crippen molar-refractivity contribution in [2.24, 2.45) is 5.73 Å². The zero-order chi connectivity index (χ0) is 10.8. The molecule has 5 nitrogen and oxygen atoms in total. The Kier molecular flexibility index (Phi) is 2.39. The summed E-state index contributed by atoms with van der Waals surface area (Å²) in [5.74, 6) is -0.601. The van der Waals surface area contributed by atoms with Crippen LogP contribution in [0.1, 0.15) is 10.5 Å². The van der Waals surface area contributed by atoms with E-state index in [2.05, 4.69) is 15.2 Å². The van der Waals surface area contributed by atoms with Crippen molar-refractivity contribution in [3.63, 3.8) is 0 Å². The molecule has 0 atom stereocenters. The predicted molar refractivity (Wildman–Crippen MR) is 55.3 cm³/mol. The van der Waals surface area contributed by atoms with E-state index in [1.807, 2.05) is 0 Å². The molecule has 0 spiro atoms. The Morgan fingerprint density at radius 2 is 2.33 bits per heavy atom. The van der Waals surface area contributed by atoms with Crippen molar-refractivity contribution < 1.29 is 4.79 Å². The second kappa shape index (κ2) is 3.70. The standard InChI is InChI=1S/C9H7ClN4O/c10-6-4-13-14-7(6)5-2-1-3-12-8(5)9(11)15/h1-4H,(H2,11,15)(H,13,14). The molecule has 0 aliphatic rings. The van der Waals surface area contributed by atoms with Gasteiger partial charge in [-0.2, -0.15) is 5.10 Å². The van der Waals surface area contributed by atoms with Gasteiger partial charge in [0.25, 0.3) is 5.91 Å². The summed E-state index contributed by atoms with van der Waals surface area (Å²) >= 11 is 5.88. The molecule has 0 radical (unpaired) electrons. The number of H-pyrrole nitrogens is 1. The van der Waals surface area contributed by atoms with Crippen LogP contribution in [0.4, 0.5) is 0 Å². The number of primary amides is 1. The van der Waals surface area contributed by atoms with Crippen molar-refractivity contribution >= 4 is 17.5 Å². The summed E-state index contributed by atoms with van der Waals surface area (Å²) in [7, 11) is 0. The van der Waals surface area contributed by atoms with Crippen LogP contribution in [-0.2, 0) is 0 Å². The number of carbonyl (C=O) groups is 1. The third-order valence-electron chi connectivity index (χ3n) is 1.90. The van der Waals surface area contributed by atoms with Gasteiger partial charge in [-0.1, -0.05) is 11.6 Å². The van der Waals surface area contributed by atoms with E-state index in [0.717, 1.165) is 0 Å². The molecule has 0 unspecified atom stereocenters. The van der Waals surface area contributed by atoms with Gasteiger partial charge in [0.15, 0.2) is 0 Å². The zero-order valence-electron chi connectivity index (χ0n) is 7.57. The number of nitrogens with two attached hydrogens (primary N) is 1. The minimum atomic E-state index is -0.601. The molecule has 1 amide bonds. The SMILES string of the molecule is NC(=O)c1ncccc1-c1[nH]ncc1Cl. The number of aromatic nitrogens is 3. The van der Waals surface area contributed by atoms with Crippen LogP contribution >= 0.6 is 11.6 Å². The molecule has 0 bridgehead atoms. The van der Waals surface area contributed by atoms with E-state index in [9.17, 15) is 4.79 Å². The number of carbonyl (C=O) groups excluding carboxylic acids is 1. The van der Waals surface area contributed by atoms with Crippen LogP contribution in [0.3, 0.4) is 0 Å². The molecule has 2 heterocycles. The maximum absolute atomic E-state index is 11.1. The topological polar surface area (TPSA) is 84.7 Å². The second-order valence-corrected chi connectivity index (χ2v) is 3.26. The van der Waals surface area contributed by atoms with E-state index in [4.69, 9.17) is 17.3 Å². The summed E-state index contributed by atoms with van der Waals surface area (Å²) in [4.78, 5) is 15.0. The first-order chi connectivity index (χ1) is 7.20. The highest BCUT2D eigenvalue weighted by Gasteiger charge is 2.14. The fraction of sp³-hybridized carbons (Fsp3) is 0. The van der Waals surface area contributed by atoms with Crippen LogP contribution in [0.25, 0.3) is 11.3 Å². The first-order valence-electron chi connectivity index (χ1n) is 4.14. The number of hydrogen-bond acceptors (Lipinski definition) is 3. The molecule has 2 aromatic heterocycles. The van der Waals surface area contributed by atoms with E-state index in [1.165, 1.54) is 12.4 Å². The Hall–Kier alpha value is -1.88. The van der Waals surface area contributed by atoms with Crippen LogP contribution in [0.2, 0.25) is 5.02 Å². The van der Waals surface area contributed by atoms with E-state index in [0.29, 0.717) is 16.3 Å². The number of amides is 1. The molecule has 3 N–H and O–H groups in total. The molecule has 0 aromatic carbocycles. The lowest BCUT2D eigenvalue weighted by Crippen LogP contribution is -2.14. The average molecular weight is 223 g/mol. The Labute approximate surface area is 90.3 Å². The largest absolute Gasteiger partial charge is 0.364 e. The lowest BCUT2D eigenvalue weighted by Gasteiger charge is -2.02. The molecular weight excluding hydrogens is 216 g/mol. The molecular formula is C9H7ClN4O. The molecule has 15 heavy (non-hydrogen) atoms. The minimum absolute atomic E-state index is 0.170. The first-order valence-corrected chi connectivity index (χ1v) is 4.52. The van der Waals surface area contributed by atoms with Crippen molar-refractivity contribution in [1.82, 2.24) is 15.2 Å². The third kappa shape index (κ3) is 1.69. The summed E-state index contributed by atoms with van der Waals surface area (Å²) in [5.41, 5.74) is 6.45. The third-order valence-corrected chi connectivity index (χ3v) is 2.19. The van der Waals surface area contributed by atoms with Gasteiger partial charge in [0.1, 0.15) is 5.69 Å². The molecule has 6 heteroatoms. The number of halogens is 1. The van der Waals surface area contributed by atoms with Crippen LogP contribution in [0.15, 0.2) is 24.5 Å². The number of aromatic amines is 1. The molecule has 76 valence electrons. The fourth-order valence-corrected chi connectivity index (χ4v) is 1.46. The van der Waals surface area contributed by atoms with Gasteiger partial charge in [-0.3, -0.25) is 14.9 Å². The Bertz CT molecular complexity index is 508. The summed E-state index contributed by atoms with van der Waals surface area (Å²) in [6.45, 7) is 0. The summed E-state index contributed by atoms with van der Waals surface area (Å²) in [6, 6.07) is 3.39. The highest BCUT2D eigenvalue weighted by atomic mass is 35.5. The molecule has 2 rings (SSSR count). The molecule has 0 saturated carbocycles. The number of hydrogen-bond donors (Lipinski definition) is 2. The normalized spacial score (nSPS) is 10.2. The van der Waals surface area contributed by atoms with E-state index in [-0.39, 0.29) is 5.69 Å².